The van der Waals surface area contributed by atoms with E-state index in [1.54, 1.807) is 7.11 Å². The van der Waals surface area contributed by atoms with Gasteiger partial charge in [-0.25, -0.2) is 4.98 Å². The molecule has 0 bridgehead atoms. The van der Waals surface area contributed by atoms with E-state index in [1.165, 1.54) is 0 Å². The number of aryl methyl sites for hydroxylation is 1. The normalized spacial score (nSPS) is 12.6. The van der Waals surface area contributed by atoms with Crippen LogP contribution in [0.4, 0.5) is 5.82 Å². The largest absolute Gasteiger partial charge is 0.380 e. The van der Waals surface area contributed by atoms with Crippen molar-refractivity contribution in [3.63, 3.8) is 0 Å². The van der Waals surface area contributed by atoms with E-state index in [9.17, 15) is 0 Å². The second kappa shape index (κ2) is 5.32. The number of hydrogen-bond donors (Lipinski definition) is 1. The van der Waals surface area contributed by atoms with E-state index >= 15 is 0 Å². The van der Waals surface area contributed by atoms with Crippen molar-refractivity contribution >= 4 is 21.7 Å². The predicted octanol–water partition coefficient (Wildman–Crippen LogP) is 2.60. The van der Waals surface area contributed by atoms with Crippen LogP contribution in [0.2, 0.25) is 0 Å². The molecule has 14 heavy (non-hydrogen) atoms. The Kier molecular flexibility index (Phi) is 4.35. The third-order valence-electron chi connectivity index (χ3n) is 1.99. The SMILES string of the molecule is COC(C)CNc1ccc(Br)c(C)n1. The maximum absolute atomic E-state index is 5.13. The molecular formula is C10H15BrN2O. The molecule has 0 aromatic carbocycles. The number of nitrogens with zero attached hydrogens (tertiary/aromatic N) is 1. The molecule has 1 heterocycles. The van der Waals surface area contributed by atoms with Crippen molar-refractivity contribution in [3.05, 3.63) is 22.3 Å². The molecule has 78 valence electrons. The van der Waals surface area contributed by atoms with E-state index in [0.717, 1.165) is 22.5 Å². The Labute approximate surface area is 93.0 Å². The van der Waals surface area contributed by atoms with Crippen LogP contribution in [0.3, 0.4) is 0 Å². The topological polar surface area (TPSA) is 34.1 Å². The van der Waals surface area contributed by atoms with Gasteiger partial charge in [-0.1, -0.05) is 0 Å². The van der Waals surface area contributed by atoms with E-state index in [2.05, 4.69) is 26.2 Å². The Morgan fingerprint density at radius 2 is 2.29 bits per heavy atom. The molecule has 1 rings (SSSR count). The van der Waals surface area contributed by atoms with Crippen molar-refractivity contribution in [3.8, 4) is 0 Å². The average molecular weight is 259 g/mol. The van der Waals surface area contributed by atoms with Gasteiger partial charge in [0.2, 0.25) is 0 Å². The molecule has 1 unspecified atom stereocenters. The van der Waals surface area contributed by atoms with E-state index in [1.807, 2.05) is 26.0 Å². The molecule has 0 saturated carbocycles. The molecule has 1 N–H and O–H groups in total. The molecule has 0 radical (unpaired) electrons. The number of pyridine rings is 1. The zero-order chi connectivity index (χ0) is 10.6. The highest BCUT2D eigenvalue weighted by Gasteiger charge is 2.01. The summed E-state index contributed by atoms with van der Waals surface area (Å²) in [5, 5.41) is 3.21. The fraction of sp³-hybridized carbons (Fsp3) is 0.500. The highest BCUT2D eigenvalue weighted by molar-refractivity contribution is 9.10. The highest BCUT2D eigenvalue weighted by Crippen LogP contribution is 2.15. The van der Waals surface area contributed by atoms with Crippen LogP contribution in [0, 0.1) is 6.92 Å². The lowest BCUT2D eigenvalue weighted by Crippen LogP contribution is -2.18. The lowest BCUT2D eigenvalue weighted by atomic mass is 10.3. The number of methoxy groups -OCH3 is 1. The molecule has 3 nitrogen and oxygen atoms in total. The minimum absolute atomic E-state index is 0.195. The molecule has 4 heteroatoms. The van der Waals surface area contributed by atoms with Crippen molar-refractivity contribution in [2.24, 2.45) is 0 Å². The lowest BCUT2D eigenvalue weighted by molar-refractivity contribution is 0.128. The number of anilines is 1. The first-order valence-electron chi connectivity index (χ1n) is 4.53. The van der Waals surface area contributed by atoms with E-state index < -0.39 is 0 Å². The third-order valence-corrected chi connectivity index (χ3v) is 2.83. The fourth-order valence-electron chi connectivity index (χ4n) is 0.974. The molecule has 1 aromatic heterocycles. The molecule has 0 aliphatic heterocycles. The quantitative estimate of drug-likeness (QED) is 0.902. The second-order valence-corrected chi connectivity index (χ2v) is 4.05. The zero-order valence-corrected chi connectivity index (χ0v) is 10.3. The first-order chi connectivity index (χ1) is 6.63. The smallest absolute Gasteiger partial charge is 0.126 e. The summed E-state index contributed by atoms with van der Waals surface area (Å²) < 4.78 is 6.16. The molecule has 0 aliphatic rings. The molecule has 1 atom stereocenters. The fourth-order valence-corrected chi connectivity index (χ4v) is 1.19. The second-order valence-electron chi connectivity index (χ2n) is 3.19. The van der Waals surface area contributed by atoms with E-state index in [-0.39, 0.29) is 6.10 Å². The monoisotopic (exact) mass is 258 g/mol. The Morgan fingerprint density at radius 3 is 2.86 bits per heavy atom. The molecule has 0 saturated heterocycles. The van der Waals surface area contributed by atoms with Crippen LogP contribution < -0.4 is 5.32 Å². The van der Waals surface area contributed by atoms with Gasteiger partial charge < -0.3 is 10.1 Å². The van der Waals surface area contributed by atoms with Gasteiger partial charge >= 0.3 is 0 Å². The lowest BCUT2D eigenvalue weighted by Gasteiger charge is -2.11. The summed E-state index contributed by atoms with van der Waals surface area (Å²) >= 11 is 3.41. The van der Waals surface area contributed by atoms with Gasteiger partial charge in [-0.05, 0) is 41.9 Å². The van der Waals surface area contributed by atoms with Gasteiger partial charge in [0.15, 0.2) is 0 Å². The van der Waals surface area contributed by atoms with E-state index in [4.69, 9.17) is 4.74 Å². The Hall–Kier alpha value is -0.610. The summed E-state index contributed by atoms with van der Waals surface area (Å²) in [6.45, 7) is 4.75. The van der Waals surface area contributed by atoms with Crippen LogP contribution in [0.1, 0.15) is 12.6 Å². The first-order valence-corrected chi connectivity index (χ1v) is 5.32. The molecule has 1 aromatic rings. The Balaban J connectivity index is 2.55. The Morgan fingerprint density at radius 1 is 1.57 bits per heavy atom. The standard InChI is InChI=1S/C10H15BrN2O/c1-7(14-3)6-12-10-5-4-9(11)8(2)13-10/h4-5,7H,6H2,1-3H3,(H,12,13). The molecule has 0 spiro atoms. The minimum atomic E-state index is 0.195. The van der Waals surface area contributed by atoms with Gasteiger partial charge in [-0.2, -0.15) is 0 Å². The van der Waals surface area contributed by atoms with Gasteiger partial charge in [-0.15, -0.1) is 0 Å². The third kappa shape index (κ3) is 3.27. The number of rotatable bonds is 4. The molecular weight excluding hydrogens is 244 g/mol. The predicted molar refractivity (Wildman–Crippen MR) is 61.6 cm³/mol. The van der Waals surface area contributed by atoms with Gasteiger partial charge in [0.05, 0.1) is 11.8 Å². The van der Waals surface area contributed by atoms with Gasteiger partial charge in [0.1, 0.15) is 5.82 Å². The summed E-state index contributed by atoms with van der Waals surface area (Å²) in [5.41, 5.74) is 0.986. The molecule has 0 fully saturated rings. The number of aromatic nitrogens is 1. The maximum atomic E-state index is 5.13. The summed E-state index contributed by atoms with van der Waals surface area (Å²) in [4.78, 5) is 4.37. The summed E-state index contributed by atoms with van der Waals surface area (Å²) in [7, 11) is 1.70. The van der Waals surface area contributed by atoms with Crippen LogP contribution in [0.5, 0.6) is 0 Å². The van der Waals surface area contributed by atoms with Crippen LogP contribution in [-0.4, -0.2) is 24.7 Å². The van der Waals surface area contributed by atoms with Crippen LogP contribution >= 0.6 is 15.9 Å². The Bertz CT molecular complexity index is 304. The van der Waals surface area contributed by atoms with Crippen molar-refractivity contribution in [2.45, 2.75) is 20.0 Å². The number of ether oxygens (including phenoxy) is 1. The van der Waals surface area contributed by atoms with Crippen molar-refractivity contribution in [2.75, 3.05) is 19.0 Å². The summed E-state index contributed by atoms with van der Waals surface area (Å²) in [6, 6.07) is 3.93. The number of nitrogens with one attached hydrogen (secondary N) is 1. The highest BCUT2D eigenvalue weighted by atomic mass is 79.9. The molecule has 0 aliphatic carbocycles. The van der Waals surface area contributed by atoms with Crippen LogP contribution in [0.15, 0.2) is 16.6 Å². The average Bonchev–Trinajstić information content (AvgIpc) is 2.19. The minimum Gasteiger partial charge on any atom is -0.380 e. The summed E-state index contributed by atoms with van der Waals surface area (Å²) in [6.07, 6.45) is 0.195. The van der Waals surface area contributed by atoms with Crippen molar-refractivity contribution < 1.29 is 4.74 Å². The maximum Gasteiger partial charge on any atom is 0.126 e. The number of halogens is 1. The number of hydrogen-bond acceptors (Lipinski definition) is 3. The van der Waals surface area contributed by atoms with E-state index in [0.29, 0.717) is 0 Å². The van der Waals surface area contributed by atoms with Gasteiger partial charge in [0, 0.05) is 18.1 Å². The van der Waals surface area contributed by atoms with Crippen molar-refractivity contribution in [1.82, 2.24) is 4.98 Å². The van der Waals surface area contributed by atoms with Gasteiger partial charge in [-0.3, -0.25) is 0 Å². The van der Waals surface area contributed by atoms with Gasteiger partial charge in [0.25, 0.3) is 0 Å². The molecule has 0 amide bonds. The van der Waals surface area contributed by atoms with Crippen molar-refractivity contribution in [1.29, 1.82) is 0 Å². The summed E-state index contributed by atoms with van der Waals surface area (Å²) in [5.74, 6) is 0.884. The zero-order valence-electron chi connectivity index (χ0n) is 8.67. The van der Waals surface area contributed by atoms with Crippen LogP contribution in [-0.2, 0) is 4.74 Å². The first kappa shape index (κ1) is 11.5. The van der Waals surface area contributed by atoms with Crippen LogP contribution in [0.25, 0.3) is 0 Å².